The number of rotatable bonds is 6. The Morgan fingerprint density at radius 2 is 2.24 bits per heavy atom. The van der Waals surface area contributed by atoms with E-state index in [4.69, 9.17) is 0 Å². The molecule has 1 unspecified atom stereocenters. The molecule has 0 amide bonds. The van der Waals surface area contributed by atoms with Crippen LogP contribution >= 0.6 is 0 Å². The van der Waals surface area contributed by atoms with Gasteiger partial charge in [0.05, 0.1) is 5.69 Å². The molecule has 1 fully saturated rings. The fraction of sp³-hybridized carbons (Fsp3) is 0.786. The highest BCUT2D eigenvalue weighted by Crippen LogP contribution is 2.39. The van der Waals surface area contributed by atoms with E-state index >= 15 is 0 Å². The molecule has 1 aromatic heterocycles. The van der Waals surface area contributed by atoms with Crippen LogP contribution < -0.4 is 5.32 Å². The van der Waals surface area contributed by atoms with Crippen LogP contribution in [-0.2, 0) is 6.54 Å². The molecule has 0 radical (unpaired) electrons. The zero-order valence-electron chi connectivity index (χ0n) is 11.5. The molecule has 0 aromatic carbocycles. The van der Waals surface area contributed by atoms with Crippen LogP contribution in [0.2, 0.25) is 0 Å². The third kappa shape index (κ3) is 3.09. The quantitative estimate of drug-likeness (QED) is 0.821. The van der Waals surface area contributed by atoms with Crippen molar-refractivity contribution in [3.05, 3.63) is 18.0 Å². The molecule has 0 spiro atoms. The van der Waals surface area contributed by atoms with Crippen molar-refractivity contribution < 1.29 is 0 Å². The molecule has 1 N–H and O–H groups in total. The molecule has 0 saturated heterocycles. The van der Waals surface area contributed by atoms with Crippen LogP contribution in [-0.4, -0.2) is 15.3 Å². The lowest BCUT2D eigenvalue weighted by Crippen LogP contribution is -2.40. The Labute approximate surface area is 105 Å². The molecule has 0 aliphatic heterocycles. The Morgan fingerprint density at radius 3 is 2.82 bits per heavy atom. The SMILES string of the molecule is CCC(C)n1ccc(CNC(C)(C)C2CC2)n1. The van der Waals surface area contributed by atoms with Crippen molar-refractivity contribution in [1.29, 1.82) is 0 Å². The third-order valence-corrected chi connectivity index (χ3v) is 4.03. The standard InChI is InChI=1S/C14H25N3/c1-5-11(2)17-9-8-13(16-17)10-15-14(3,4)12-6-7-12/h8-9,11-12,15H,5-7,10H2,1-4H3. The van der Waals surface area contributed by atoms with Gasteiger partial charge in [0.15, 0.2) is 0 Å². The Morgan fingerprint density at radius 1 is 1.53 bits per heavy atom. The summed E-state index contributed by atoms with van der Waals surface area (Å²) in [5.74, 6) is 0.860. The van der Waals surface area contributed by atoms with E-state index in [0.717, 1.165) is 24.6 Å². The van der Waals surface area contributed by atoms with Crippen LogP contribution in [0.25, 0.3) is 0 Å². The predicted molar refractivity (Wildman–Crippen MR) is 70.9 cm³/mol. The minimum atomic E-state index is 0.264. The molecule has 0 bridgehead atoms. The number of nitrogens with one attached hydrogen (secondary N) is 1. The molecule has 17 heavy (non-hydrogen) atoms. The Hall–Kier alpha value is -0.830. The number of hydrogen-bond donors (Lipinski definition) is 1. The van der Waals surface area contributed by atoms with E-state index in [-0.39, 0.29) is 5.54 Å². The van der Waals surface area contributed by atoms with E-state index in [1.807, 2.05) is 0 Å². The first-order chi connectivity index (χ1) is 8.03. The van der Waals surface area contributed by atoms with Crippen molar-refractivity contribution in [2.45, 2.75) is 65.1 Å². The highest BCUT2D eigenvalue weighted by molar-refractivity contribution is 5.02. The Bertz CT molecular complexity index is 363. The zero-order chi connectivity index (χ0) is 12.5. The summed E-state index contributed by atoms with van der Waals surface area (Å²) in [5, 5.41) is 8.25. The van der Waals surface area contributed by atoms with Crippen molar-refractivity contribution in [2.24, 2.45) is 5.92 Å². The van der Waals surface area contributed by atoms with E-state index in [1.54, 1.807) is 0 Å². The van der Waals surface area contributed by atoms with E-state index in [0.29, 0.717) is 6.04 Å². The van der Waals surface area contributed by atoms with Gasteiger partial charge in [-0.1, -0.05) is 6.92 Å². The second-order valence-corrected chi connectivity index (χ2v) is 5.89. The van der Waals surface area contributed by atoms with Crippen LogP contribution in [0.15, 0.2) is 12.3 Å². The van der Waals surface area contributed by atoms with Crippen LogP contribution in [0.3, 0.4) is 0 Å². The zero-order valence-corrected chi connectivity index (χ0v) is 11.5. The lowest BCUT2D eigenvalue weighted by atomic mass is 9.99. The van der Waals surface area contributed by atoms with Crippen molar-refractivity contribution >= 4 is 0 Å². The number of hydrogen-bond acceptors (Lipinski definition) is 2. The maximum absolute atomic E-state index is 4.62. The highest BCUT2D eigenvalue weighted by Gasteiger charge is 2.37. The van der Waals surface area contributed by atoms with Gasteiger partial charge in [0.25, 0.3) is 0 Å². The summed E-state index contributed by atoms with van der Waals surface area (Å²) in [6, 6.07) is 2.63. The number of nitrogens with zero attached hydrogens (tertiary/aromatic N) is 2. The summed E-state index contributed by atoms with van der Waals surface area (Å²) in [5.41, 5.74) is 1.42. The molecule has 1 saturated carbocycles. The van der Waals surface area contributed by atoms with Gasteiger partial charge in [-0.15, -0.1) is 0 Å². The first-order valence-electron chi connectivity index (χ1n) is 6.82. The van der Waals surface area contributed by atoms with Gasteiger partial charge in [-0.3, -0.25) is 4.68 Å². The largest absolute Gasteiger partial charge is 0.306 e. The molecule has 1 aromatic rings. The highest BCUT2D eigenvalue weighted by atomic mass is 15.3. The van der Waals surface area contributed by atoms with Crippen molar-refractivity contribution in [2.75, 3.05) is 0 Å². The molecule has 2 rings (SSSR count). The summed E-state index contributed by atoms with van der Waals surface area (Å²) >= 11 is 0. The van der Waals surface area contributed by atoms with Crippen molar-refractivity contribution in [3.8, 4) is 0 Å². The van der Waals surface area contributed by atoms with E-state index in [2.05, 4.69) is 55.1 Å². The summed E-state index contributed by atoms with van der Waals surface area (Å²) in [4.78, 5) is 0. The minimum absolute atomic E-state index is 0.264. The van der Waals surface area contributed by atoms with Gasteiger partial charge in [0.2, 0.25) is 0 Å². The van der Waals surface area contributed by atoms with Crippen LogP contribution in [0.5, 0.6) is 0 Å². The van der Waals surface area contributed by atoms with E-state index in [1.165, 1.54) is 12.8 Å². The van der Waals surface area contributed by atoms with Crippen LogP contribution in [0.4, 0.5) is 0 Å². The van der Waals surface area contributed by atoms with Crippen molar-refractivity contribution in [3.63, 3.8) is 0 Å². The van der Waals surface area contributed by atoms with Gasteiger partial charge in [-0.25, -0.2) is 0 Å². The topological polar surface area (TPSA) is 29.9 Å². The monoisotopic (exact) mass is 235 g/mol. The second-order valence-electron chi connectivity index (χ2n) is 5.89. The molecule has 96 valence electrons. The van der Waals surface area contributed by atoms with Gasteiger partial charge in [-0.2, -0.15) is 5.10 Å². The van der Waals surface area contributed by atoms with E-state index in [9.17, 15) is 0 Å². The molecule has 1 heterocycles. The van der Waals surface area contributed by atoms with Gasteiger partial charge in [0, 0.05) is 24.3 Å². The van der Waals surface area contributed by atoms with E-state index < -0.39 is 0 Å². The molecule has 3 heteroatoms. The summed E-state index contributed by atoms with van der Waals surface area (Å²) in [7, 11) is 0. The predicted octanol–water partition coefficient (Wildman–Crippen LogP) is 3.13. The fourth-order valence-corrected chi connectivity index (χ4v) is 2.17. The molecule has 1 atom stereocenters. The normalized spacial score (nSPS) is 18.4. The molecular weight excluding hydrogens is 210 g/mol. The summed E-state index contributed by atoms with van der Waals surface area (Å²) < 4.78 is 2.07. The van der Waals surface area contributed by atoms with Crippen LogP contribution in [0.1, 0.15) is 58.7 Å². The molecule has 1 aliphatic rings. The van der Waals surface area contributed by atoms with Gasteiger partial charge in [-0.05, 0) is 52.0 Å². The van der Waals surface area contributed by atoms with Gasteiger partial charge < -0.3 is 5.32 Å². The maximum Gasteiger partial charge on any atom is 0.0762 e. The smallest absolute Gasteiger partial charge is 0.0762 e. The summed E-state index contributed by atoms with van der Waals surface area (Å²) in [6.45, 7) is 9.89. The third-order valence-electron chi connectivity index (χ3n) is 4.03. The summed E-state index contributed by atoms with van der Waals surface area (Å²) in [6.07, 6.45) is 5.97. The molecule has 3 nitrogen and oxygen atoms in total. The fourth-order valence-electron chi connectivity index (χ4n) is 2.17. The average molecular weight is 235 g/mol. The lowest BCUT2D eigenvalue weighted by Gasteiger charge is -2.25. The molecular formula is C14H25N3. The first kappa shape index (κ1) is 12.6. The van der Waals surface area contributed by atoms with Crippen LogP contribution in [0, 0.1) is 5.92 Å². The Kier molecular flexibility index (Phi) is 3.57. The second kappa shape index (κ2) is 4.81. The first-order valence-corrected chi connectivity index (χ1v) is 6.82. The van der Waals surface area contributed by atoms with Gasteiger partial charge >= 0.3 is 0 Å². The van der Waals surface area contributed by atoms with Crippen molar-refractivity contribution in [1.82, 2.24) is 15.1 Å². The number of aromatic nitrogens is 2. The minimum Gasteiger partial charge on any atom is -0.306 e. The Balaban J connectivity index is 1.88. The molecule has 1 aliphatic carbocycles. The van der Waals surface area contributed by atoms with Gasteiger partial charge in [0.1, 0.15) is 0 Å². The maximum atomic E-state index is 4.62. The average Bonchev–Trinajstić information content (AvgIpc) is 3.06. The lowest BCUT2D eigenvalue weighted by molar-refractivity contribution is 0.336.